The van der Waals surface area contributed by atoms with E-state index in [-0.39, 0.29) is 11.7 Å². The van der Waals surface area contributed by atoms with Crippen molar-refractivity contribution in [2.45, 2.75) is 51.0 Å². The van der Waals surface area contributed by atoms with Gasteiger partial charge in [0.2, 0.25) is 0 Å². The summed E-state index contributed by atoms with van der Waals surface area (Å²) in [4.78, 5) is 7.99. The van der Waals surface area contributed by atoms with Crippen molar-refractivity contribution < 1.29 is 9.13 Å². The molecule has 1 fully saturated rings. The van der Waals surface area contributed by atoms with Crippen LogP contribution >= 0.6 is 0 Å². The third-order valence-corrected chi connectivity index (χ3v) is 4.56. The molecular formula is C20H34FN5O. The highest BCUT2D eigenvalue weighted by atomic mass is 19.1. The highest BCUT2D eigenvalue weighted by Crippen LogP contribution is 2.24. The first-order valence-electron chi connectivity index (χ1n) is 9.61. The van der Waals surface area contributed by atoms with Crippen molar-refractivity contribution in [2.24, 2.45) is 11.7 Å². The number of nitrogens with one attached hydrogen (secondary N) is 1. The van der Waals surface area contributed by atoms with Gasteiger partial charge in [0.05, 0.1) is 11.9 Å². The minimum absolute atomic E-state index is 0.00968. The van der Waals surface area contributed by atoms with E-state index in [1.165, 1.54) is 51.6 Å². The fraction of sp³-hybridized carbons (Fsp3) is 0.600. The van der Waals surface area contributed by atoms with E-state index in [4.69, 9.17) is 10.5 Å². The summed E-state index contributed by atoms with van der Waals surface area (Å²) in [5.74, 6) is 0.830. The summed E-state index contributed by atoms with van der Waals surface area (Å²) in [7, 11) is 3.14. The summed E-state index contributed by atoms with van der Waals surface area (Å²) >= 11 is 0. The molecule has 0 aliphatic heterocycles. The molecule has 2 aliphatic carbocycles. The molecule has 0 spiro atoms. The molecule has 27 heavy (non-hydrogen) atoms. The molecule has 6 nitrogen and oxygen atoms in total. The highest BCUT2D eigenvalue weighted by molar-refractivity contribution is 5.59. The van der Waals surface area contributed by atoms with Crippen LogP contribution in [0.15, 0.2) is 36.6 Å². The molecule has 1 saturated carbocycles. The first-order chi connectivity index (χ1) is 13.2. The van der Waals surface area contributed by atoms with Crippen LogP contribution in [0.2, 0.25) is 0 Å². The molecule has 0 bridgehead atoms. The second-order valence-corrected chi connectivity index (χ2v) is 6.50. The summed E-state index contributed by atoms with van der Waals surface area (Å²) in [5.41, 5.74) is 10.9. The van der Waals surface area contributed by atoms with Crippen molar-refractivity contribution in [3.63, 3.8) is 0 Å². The number of nitrogens with zero attached hydrogens (tertiary/aromatic N) is 2. The summed E-state index contributed by atoms with van der Waals surface area (Å²) < 4.78 is 17.8. The number of ether oxygens (including phenoxy) is 1. The number of halogens is 1. The van der Waals surface area contributed by atoms with Gasteiger partial charge in [0, 0.05) is 25.7 Å². The van der Waals surface area contributed by atoms with E-state index < -0.39 is 0 Å². The van der Waals surface area contributed by atoms with Crippen LogP contribution in [0.1, 0.15) is 44.9 Å². The third kappa shape index (κ3) is 8.97. The molecule has 1 aromatic rings. The second kappa shape index (κ2) is 14.1. The van der Waals surface area contributed by atoms with Gasteiger partial charge in [-0.25, -0.2) is 14.4 Å². The summed E-state index contributed by atoms with van der Waals surface area (Å²) in [6, 6.07) is 0.543. The van der Waals surface area contributed by atoms with Crippen molar-refractivity contribution in [1.29, 1.82) is 0 Å². The van der Waals surface area contributed by atoms with Gasteiger partial charge in [0.25, 0.3) is 0 Å². The lowest BCUT2D eigenvalue weighted by Crippen LogP contribution is -2.23. The van der Waals surface area contributed by atoms with E-state index in [1.807, 2.05) is 6.08 Å². The average molecular weight is 380 g/mol. The minimum atomic E-state index is -0.00968. The molecule has 1 atom stereocenters. The number of nitrogen functional groups attached to an aromatic ring is 1. The Bertz CT molecular complexity index is 573. The van der Waals surface area contributed by atoms with Crippen LogP contribution in [0.4, 0.5) is 15.9 Å². The minimum Gasteiger partial charge on any atom is -0.394 e. The lowest BCUT2D eigenvalue weighted by Gasteiger charge is -2.23. The van der Waals surface area contributed by atoms with Crippen LogP contribution in [-0.2, 0) is 4.74 Å². The van der Waals surface area contributed by atoms with Gasteiger partial charge in [-0.1, -0.05) is 31.4 Å². The molecule has 1 aromatic heterocycles. The van der Waals surface area contributed by atoms with Gasteiger partial charge in [-0.2, -0.15) is 0 Å². The average Bonchev–Trinajstić information content (AvgIpc) is 2.72. The molecule has 0 aromatic carbocycles. The number of rotatable bonds is 5. The SMILES string of the molecule is CN.COCCC1CC=CC=C1F.Nc1cncnc1NC1CCCCC1. The fourth-order valence-electron chi connectivity index (χ4n) is 3.07. The van der Waals surface area contributed by atoms with E-state index in [0.717, 1.165) is 18.7 Å². The lowest BCUT2D eigenvalue weighted by molar-refractivity contribution is 0.178. The van der Waals surface area contributed by atoms with Crippen LogP contribution in [0.25, 0.3) is 0 Å². The Labute approximate surface area is 162 Å². The number of hydrogen-bond donors (Lipinski definition) is 3. The molecule has 152 valence electrons. The zero-order chi connectivity index (χ0) is 19.9. The predicted octanol–water partition coefficient (Wildman–Crippen LogP) is 3.83. The third-order valence-electron chi connectivity index (χ3n) is 4.56. The zero-order valence-electron chi connectivity index (χ0n) is 16.5. The predicted molar refractivity (Wildman–Crippen MR) is 110 cm³/mol. The Morgan fingerprint density at radius 3 is 2.63 bits per heavy atom. The fourth-order valence-corrected chi connectivity index (χ4v) is 3.07. The molecular weight excluding hydrogens is 345 g/mol. The van der Waals surface area contributed by atoms with Gasteiger partial charge < -0.3 is 21.5 Å². The van der Waals surface area contributed by atoms with Crippen molar-refractivity contribution in [3.8, 4) is 0 Å². The summed E-state index contributed by atoms with van der Waals surface area (Å²) in [6.45, 7) is 0.639. The monoisotopic (exact) mass is 379 g/mol. The maximum absolute atomic E-state index is 12.9. The molecule has 0 saturated heterocycles. The topological polar surface area (TPSA) is 99.1 Å². The maximum atomic E-state index is 12.9. The number of nitrogens with two attached hydrogens (primary N) is 2. The first kappa shape index (κ1) is 23.0. The van der Waals surface area contributed by atoms with Crippen LogP contribution < -0.4 is 16.8 Å². The van der Waals surface area contributed by atoms with Crippen LogP contribution in [0, 0.1) is 5.92 Å². The van der Waals surface area contributed by atoms with E-state index in [0.29, 0.717) is 18.3 Å². The Balaban J connectivity index is 0.000000254. The Morgan fingerprint density at radius 1 is 1.26 bits per heavy atom. The summed E-state index contributed by atoms with van der Waals surface area (Å²) in [6.07, 6.45) is 16.5. The van der Waals surface area contributed by atoms with Gasteiger partial charge in [0.1, 0.15) is 12.2 Å². The summed E-state index contributed by atoms with van der Waals surface area (Å²) in [5, 5.41) is 3.37. The number of methoxy groups -OCH3 is 1. The van der Waals surface area contributed by atoms with Crippen LogP contribution in [-0.4, -0.2) is 36.8 Å². The van der Waals surface area contributed by atoms with Gasteiger partial charge >= 0.3 is 0 Å². The molecule has 1 unspecified atom stereocenters. The van der Waals surface area contributed by atoms with Crippen molar-refractivity contribution >= 4 is 11.5 Å². The quantitative estimate of drug-likeness (QED) is 0.719. The Hall–Kier alpha value is -1.99. The van der Waals surface area contributed by atoms with E-state index in [9.17, 15) is 4.39 Å². The first-order valence-corrected chi connectivity index (χ1v) is 9.61. The molecule has 2 aliphatic rings. The van der Waals surface area contributed by atoms with E-state index in [2.05, 4.69) is 21.0 Å². The molecule has 5 N–H and O–H groups in total. The number of anilines is 2. The van der Waals surface area contributed by atoms with Gasteiger partial charge in [-0.05, 0) is 38.8 Å². The number of aromatic nitrogens is 2. The normalized spacial score (nSPS) is 19.1. The molecule has 3 rings (SSSR count). The smallest absolute Gasteiger partial charge is 0.152 e. The molecule has 0 amide bonds. The molecule has 7 heteroatoms. The van der Waals surface area contributed by atoms with Gasteiger partial charge in [-0.15, -0.1) is 0 Å². The molecule has 0 radical (unpaired) electrons. The Kier molecular flexibility index (Phi) is 12.1. The van der Waals surface area contributed by atoms with Crippen LogP contribution in [0.5, 0.6) is 0 Å². The standard InChI is InChI=1S/C10H16N4.C9H13FO.CH5N/c11-9-6-12-7-13-10(9)14-8-4-2-1-3-5-8;1-11-7-6-8-4-2-3-5-9(8)10;1-2/h6-8H,1-5,11H2,(H,12,13,14);2-3,5,8H,4,6-7H2,1H3;2H2,1H3. The zero-order valence-corrected chi connectivity index (χ0v) is 16.5. The Morgan fingerprint density at radius 2 is 2.00 bits per heavy atom. The highest BCUT2D eigenvalue weighted by Gasteiger charge is 2.14. The lowest BCUT2D eigenvalue weighted by atomic mass is 9.95. The van der Waals surface area contributed by atoms with Crippen molar-refractivity contribution in [1.82, 2.24) is 9.97 Å². The number of allylic oxidation sites excluding steroid dienone is 4. The van der Waals surface area contributed by atoms with E-state index in [1.54, 1.807) is 19.4 Å². The van der Waals surface area contributed by atoms with Gasteiger partial charge in [-0.3, -0.25) is 0 Å². The van der Waals surface area contributed by atoms with Crippen molar-refractivity contribution in [2.75, 3.05) is 31.8 Å². The maximum Gasteiger partial charge on any atom is 0.152 e. The second-order valence-electron chi connectivity index (χ2n) is 6.50. The van der Waals surface area contributed by atoms with Crippen LogP contribution in [0.3, 0.4) is 0 Å². The van der Waals surface area contributed by atoms with Crippen molar-refractivity contribution in [3.05, 3.63) is 36.6 Å². The molecule has 1 heterocycles. The largest absolute Gasteiger partial charge is 0.394 e. The van der Waals surface area contributed by atoms with E-state index >= 15 is 0 Å². The van der Waals surface area contributed by atoms with Gasteiger partial charge in [0.15, 0.2) is 5.82 Å². The number of hydrogen-bond acceptors (Lipinski definition) is 6.